The van der Waals surface area contributed by atoms with Gasteiger partial charge in [0, 0.05) is 17.5 Å². The summed E-state index contributed by atoms with van der Waals surface area (Å²) in [5, 5.41) is 0. The van der Waals surface area contributed by atoms with Gasteiger partial charge in [-0.1, -0.05) is 44.5 Å². The fraction of sp³-hybridized carbons (Fsp3) is 0.471. The molecule has 20 heavy (non-hydrogen) atoms. The summed E-state index contributed by atoms with van der Waals surface area (Å²) in [5.41, 5.74) is 10.9. The van der Waals surface area contributed by atoms with Gasteiger partial charge in [-0.15, -0.1) is 0 Å². The molecule has 1 aromatic carbocycles. The molecule has 0 fully saturated rings. The molecule has 3 nitrogen and oxygen atoms in total. The predicted octanol–water partition coefficient (Wildman–Crippen LogP) is 4.07. The monoisotopic (exact) mass is 271 g/mol. The number of imidazole rings is 1. The Bertz CT molecular complexity index is 630. The van der Waals surface area contributed by atoms with Gasteiger partial charge in [-0.05, 0) is 26.3 Å². The van der Waals surface area contributed by atoms with E-state index in [1.165, 1.54) is 11.1 Å². The van der Waals surface area contributed by atoms with Crippen LogP contribution in [0.2, 0.25) is 0 Å². The van der Waals surface area contributed by atoms with Crippen molar-refractivity contribution in [2.24, 2.45) is 0 Å². The second kappa shape index (κ2) is 4.97. The standard InChI is InChI=1S/C17H25N3/c1-7-20-15(18)14(19-16(20)17(4,5)6)13-9-8-11(2)10-12(13)3/h8-10H,7,18H2,1-6H3. The summed E-state index contributed by atoms with van der Waals surface area (Å²) in [5.74, 6) is 1.82. The maximum atomic E-state index is 6.35. The van der Waals surface area contributed by atoms with Crippen molar-refractivity contribution in [3.8, 4) is 11.3 Å². The largest absolute Gasteiger partial charge is 0.383 e. The van der Waals surface area contributed by atoms with Crippen molar-refractivity contribution in [1.29, 1.82) is 0 Å². The normalized spacial score (nSPS) is 11.9. The van der Waals surface area contributed by atoms with Crippen LogP contribution >= 0.6 is 0 Å². The highest BCUT2D eigenvalue weighted by Gasteiger charge is 2.25. The Morgan fingerprint density at radius 1 is 1.20 bits per heavy atom. The summed E-state index contributed by atoms with van der Waals surface area (Å²) < 4.78 is 2.12. The number of anilines is 1. The average molecular weight is 271 g/mol. The van der Waals surface area contributed by atoms with E-state index in [1.807, 2.05) is 0 Å². The topological polar surface area (TPSA) is 43.8 Å². The van der Waals surface area contributed by atoms with Gasteiger partial charge in [0.25, 0.3) is 0 Å². The average Bonchev–Trinajstić information content (AvgIpc) is 2.66. The summed E-state index contributed by atoms with van der Waals surface area (Å²) in [6, 6.07) is 6.41. The van der Waals surface area contributed by atoms with E-state index in [2.05, 4.69) is 64.3 Å². The van der Waals surface area contributed by atoms with Crippen LogP contribution in [-0.2, 0) is 12.0 Å². The zero-order chi connectivity index (χ0) is 15.1. The summed E-state index contributed by atoms with van der Waals surface area (Å²) in [6.07, 6.45) is 0. The van der Waals surface area contributed by atoms with Gasteiger partial charge in [0.2, 0.25) is 0 Å². The van der Waals surface area contributed by atoms with Crippen molar-refractivity contribution >= 4 is 5.82 Å². The van der Waals surface area contributed by atoms with Gasteiger partial charge in [0.15, 0.2) is 0 Å². The third-order valence-corrected chi connectivity index (χ3v) is 3.63. The minimum absolute atomic E-state index is 0.0129. The van der Waals surface area contributed by atoms with Crippen molar-refractivity contribution in [2.75, 3.05) is 5.73 Å². The first-order valence-electron chi connectivity index (χ1n) is 7.19. The Balaban J connectivity index is 2.67. The van der Waals surface area contributed by atoms with E-state index in [4.69, 9.17) is 10.7 Å². The maximum absolute atomic E-state index is 6.35. The number of nitrogens with zero attached hydrogens (tertiary/aromatic N) is 2. The summed E-state index contributed by atoms with van der Waals surface area (Å²) in [4.78, 5) is 4.85. The number of nitrogen functional groups attached to an aromatic ring is 1. The quantitative estimate of drug-likeness (QED) is 0.895. The number of benzene rings is 1. The Morgan fingerprint density at radius 2 is 1.85 bits per heavy atom. The van der Waals surface area contributed by atoms with E-state index in [0.29, 0.717) is 0 Å². The van der Waals surface area contributed by atoms with Crippen molar-refractivity contribution in [3.05, 3.63) is 35.2 Å². The first-order chi connectivity index (χ1) is 9.25. The fourth-order valence-electron chi connectivity index (χ4n) is 2.64. The molecule has 0 aliphatic heterocycles. The van der Waals surface area contributed by atoms with Crippen LogP contribution in [0.4, 0.5) is 5.82 Å². The van der Waals surface area contributed by atoms with E-state index < -0.39 is 0 Å². The smallest absolute Gasteiger partial charge is 0.131 e. The number of hydrogen-bond acceptors (Lipinski definition) is 2. The fourth-order valence-corrected chi connectivity index (χ4v) is 2.64. The van der Waals surface area contributed by atoms with Gasteiger partial charge >= 0.3 is 0 Å². The molecule has 0 atom stereocenters. The molecule has 0 bridgehead atoms. The third-order valence-electron chi connectivity index (χ3n) is 3.63. The number of rotatable bonds is 2. The number of aryl methyl sites for hydroxylation is 2. The lowest BCUT2D eigenvalue weighted by Crippen LogP contribution is -2.19. The molecule has 0 radical (unpaired) electrons. The van der Waals surface area contributed by atoms with Crippen LogP contribution in [0.1, 0.15) is 44.6 Å². The lowest BCUT2D eigenvalue weighted by Gasteiger charge is -2.19. The van der Waals surface area contributed by atoms with E-state index >= 15 is 0 Å². The first kappa shape index (κ1) is 14.6. The molecule has 3 heteroatoms. The van der Waals surface area contributed by atoms with E-state index in [1.54, 1.807) is 0 Å². The second-order valence-electron chi connectivity index (χ2n) is 6.48. The molecule has 108 valence electrons. The van der Waals surface area contributed by atoms with Gasteiger partial charge < -0.3 is 10.3 Å². The molecular formula is C17H25N3. The zero-order valence-corrected chi connectivity index (χ0v) is 13.4. The second-order valence-corrected chi connectivity index (χ2v) is 6.48. The van der Waals surface area contributed by atoms with Gasteiger partial charge in [-0.25, -0.2) is 4.98 Å². The van der Waals surface area contributed by atoms with Crippen molar-refractivity contribution in [2.45, 2.75) is 53.5 Å². The molecule has 0 saturated carbocycles. The highest BCUT2D eigenvalue weighted by molar-refractivity contribution is 5.74. The number of nitrogens with two attached hydrogens (primary N) is 1. The summed E-state index contributed by atoms with van der Waals surface area (Å²) in [7, 11) is 0. The minimum Gasteiger partial charge on any atom is -0.383 e. The van der Waals surface area contributed by atoms with Crippen molar-refractivity contribution in [1.82, 2.24) is 9.55 Å². The molecule has 2 N–H and O–H groups in total. The Morgan fingerprint density at radius 3 is 2.30 bits per heavy atom. The molecule has 0 spiro atoms. The molecule has 1 aromatic heterocycles. The number of hydrogen-bond donors (Lipinski definition) is 1. The minimum atomic E-state index is -0.0129. The van der Waals surface area contributed by atoms with Crippen LogP contribution < -0.4 is 5.73 Å². The Labute approximate surface area is 121 Å². The van der Waals surface area contributed by atoms with Crippen molar-refractivity contribution in [3.63, 3.8) is 0 Å². The molecule has 2 rings (SSSR count). The lowest BCUT2D eigenvalue weighted by atomic mass is 9.95. The molecule has 0 saturated heterocycles. The Kier molecular flexibility index (Phi) is 3.63. The molecule has 0 aliphatic carbocycles. The number of aromatic nitrogens is 2. The molecule has 0 unspecified atom stereocenters. The third kappa shape index (κ3) is 2.45. The molecule has 1 heterocycles. The highest BCUT2D eigenvalue weighted by Crippen LogP contribution is 2.33. The predicted molar refractivity (Wildman–Crippen MR) is 85.9 cm³/mol. The highest BCUT2D eigenvalue weighted by atomic mass is 15.1. The molecule has 2 aromatic rings. The van der Waals surface area contributed by atoms with Gasteiger partial charge in [0.1, 0.15) is 17.3 Å². The molecule has 0 aliphatic rings. The van der Waals surface area contributed by atoms with Gasteiger partial charge in [0.05, 0.1) is 0 Å². The SMILES string of the molecule is CCn1c(C(C)(C)C)nc(-c2ccc(C)cc2C)c1N. The summed E-state index contributed by atoms with van der Waals surface area (Å²) >= 11 is 0. The van der Waals surface area contributed by atoms with Crippen LogP contribution in [0, 0.1) is 13.8 Å². The van der Waals surface area contributed by atoms with Crippen LogP contribution in [-0.4, -0.2) is 9.55 Å². The van der Waals surface area contributed by atoms with Gasteiger partial charge in [-0.3, -0.25) is 0 Å². The summed E-state index contributed by atoms with van der Waals surface area (Å²) in [6.45, 7) is 13.7. The van der Waals surface area contributed by atoms with Crippen LogP contribution in [0.3, 0.4) is 0 Å². The van der Waals surface area contributed by atoms with E-state index in [0.717, 1.165) is 29.4 Å². The first-order valence-corrected chi connectivity index (χ1v) is 7.19. The van der Waals surface area contributed by atoms with Crippen LogP contribution in [0.5, 0.6) is 0 Å². The zero-order valence-electron chi connectivity index (χ0n) is 13.4. The maximum Gasteiger partial charge on any atom is 0.131 e. The van der Waals surface area contributed by atoms with Crippen molar-refractivity contribution < 1.29 is 0 Å². The van der Waals surface area contributed by atoms with E-state index in [9.17, 15) is 0 Å². The van der Waals surface area contributed by atoms with Crippen LogP contribution in [0.25, 0.3) is 11.3 Å². The van der Waals surface area contributed by atoms with Gasteiger partial charge in [-0.2, -0.15) is 0 Å². The molecule has 0 amide bonds. The molecular weight excluding hydrogens is 246 g/mol. The van der Waals surface area contributed by atoms with Crippen LogP contribution in [0.15, 0.2) is 18.2 Å². The van der Waals surface area contributed by atoms with E-state index in [-0.39, 0.29) is 5.41 Å². The lowest BCUT2D eigenvalue weighted by molar-refractivity contribution is 0.508. The Hall–Kier alpha value is -1.77.